The van der Waals surface area contributed by atoms with Crippen molar-refractivity contribution in [2.45, 2.75) is 25.4 Å². The van der Waals surface area contributed by atoms with Gasteiger partial charge in [-0.1, -0.05) is 84.9 Å². The van der Waals surface area contributed by atoms with Gasteiger partial charge < -0.3 is 15.0 Å². The molecule has 0 radical (unpaired) electrons. The van der Waals surface area contributed by atoms with E-state index in [9.17, 15) is 9.59 Å². The van der Waals surface area contributed by atoms with Crippen molar-refractivity contribution < 1.29 is 0 Å². The molecule has 45 heavy (non-hydrogen) atoms. The molecule has 4 heterocycles. The Labute approximate surface area is 259 Å². The Balaban J connectivity index is 1.05. The highest BCUT2D eigenvalue weighted by molar-refractivity contribution is 5.95. The monoisotopic (exact) mass is 592 g/mol. The zero-order valence-corrected chi connectivity index (χ0v) is 24.7. The summed E-state index contributed by atoms with van der Waals surface area (Å²) in [5, 5.41) is 0.962. The summed E-state index contributed by atoms with van der Waals surface area (Å²) in [5.74, 6) is 0. The van der Waals surface area contributed by atoms with Crippen LogP contribution in [-0.2, 0) is 6.54 Å². The molecule has 4 aromatic carbocycles. The van der Waals surface area contributed by atoms with Crippen LogP contribution in [0, 0.1) is 0 Å². The van der Waals surface area contributed by atoms with Crippen molar-refractivity contribution in [2.75, 3.05) is 13.1 Å². The maximum Gasteiger partial charge on any atom is 0.326 e. The Morgan fingerprint density at radius 3 is 2.22 bits per heavy atom. The first-order valence-electron chi connectivity index (χ1n) is 15.4. The number of nitrogens with zero attached hydrogens (tertiary/aromatic N) is 3. The van der Waals surface area contributed by atoms with Crippen LogP contribution in [0.15, 0.2) is 119 Å². The average Bonchev–Trinajstić information content (AvgIpc) is 3.66. The number of para-hydroxylation sites is 3. The molecule has 222 valence electrons. The van der Waals surface area contributed by atoms with E-state index in [2.05, 4.69) is 44.1 Å². The second-order valence-corrected chi connectivity index (χ2v) is 11.8. The molecule has 0 unspecified atom stereocenters. The number of hydrogen-bond acceptors (Lipinski definition) is 4. The quantitative estimate of drug-likeness (QED) is 0.199. The van der Waals surface area contributed by atoms with Gasteiger partial charge >= 0.3 is 5.69 Å². The number of benzene rings is 4. The van der Waals surface area contributed by atoms with Crippen molar-refractivity contribution in [1.82, 2.24) is 29.4 Å². The van der Waals surface area contributed by atoms with E-state index in [0.717, 1.165) is 76.8 Å². The predicted octanol–water partition coefficient (Wildman–Crippen LogP) is 6.73. The predicted molar refractivity (Wildman–Crippen MR) is 179 cm³/mol. The molecule has 0 atom stereocenters. The molecule has 8 nitrogen and oxygen atoms in total. The highest BCUT2D eigenvalue weighted by Gasteiger charge is 2.24. The van der Waals surface area contributed by atoms with Crippen LogP contribution in [0.3, 0.4) is 0 Å². The minimum absolute atomic E-state index is 0.0258. The Morgan fingerprint density at radius 2 is 1.42 bits per heavy atom. The number of aromatic nitrogens is 5. The van der Waals surface area contributed by atoms with E-state index in [-0.39, 0.29) is 17.3 Å². The molecule has 0 spiro atoms. The number of aromatic amines is 3. The van der Waals surface area contributed by atoms with Gasteiger partial charge in [0, 0.05) is 59.5 Å². The van der Waals surface area contributed by atoms with Gasteiger partial charge in [0.15, 0.2) is 0 Å². The van der Waals surface area contributed by atoms with E-state index in [1.807, 2.05) is 89.6 Å². The lowest BCUT2D eigenvalue weighted by Crippen LogP contribution is -2.36. The van der Waals surface area contributed by atoms with Gasteiger partial charge in [-0.3, -0.25) is 14.3 Å². The maximum absolute atomic E-state index is 13.5. The SMILES string of the molecule is O=c1[nH]c(-c2ccc(CN3CCC(n4c(=O)[nH]c5ccccc54)CC3)cc2)c(-c2ccccc2)nc1-c1c[nH]c2ccccc12. The van der Waals surface area contributed by atoms with E-state index >= 15 is 0 Å². The topological polar surface area (TPSA) is 103 Å². The summed E-state index contributed by atoms with van der Waals surface area (Å²) in [6.07, 6.45) is 3.71. The fourth-order valence-corrected chi connectivity index (χ4v) is 6.72. The summed E-state index contributed by atoms with van der Waals surface area (Å²) in [6.45, 7) is 2.67. The standard InChI is InChI=1S/C37H32N6O2/c44-36-35(29-22-38-30-11-5-4-10-28(29)30)40-33(25-8-2-1-3-9-25)34(41-36)26-16-14-24(15-17-26)23-42-20-18-27(19-21-42)43-32-13-7-6-12-31(32)39-37(43)45/h1-17,22,27,38H,18-21,23H2,(H,39,45)(H,41,44). The van der Waals surface area contributed by atoms with Crippen molar-refractivity contribution in [3.8, 4) is 33.8 Å². The van der Waals surface area contributed by atoms with Gasteiger partial charge in [-0.15, -0.1) is 0 Å². The average molecular weight is 593 g/mol. The number of rotatable bonds is 6. The van der Waals surface area contributed by atoms with E-state index in [4.69, 9.17) is 4.98 Å². The number of fused-ring (bicyclic) bond motifs is 2. The van der Waals surface area contributed by atoms with Crippen molar-refractivity contribution in [2.24, 2.45) is 0 Å². The van der Waals surface area contributed by atoms with Gasteiger partial charge in [0.25, 0.3) is 5.56 Å². The molecule has 0 bridgehead atoms. The van der Waals surface area contributed by atoms with Crippen molar-refractivity contribution in [1.29, 1.82) is 0 Å². The molecular weight excluding hydrogens is 560 g/mol. The molecule has 1 aliphatic rings. The lowest BCUT2D eigenvalue weighted by atomic mass is 10.0. The third-order valence-electron chi connectivity index (χ3n) is 9.00. The smallest absolute Gasteiger partial charge is 0.326 e. The fourth-order valence-electron chi connectivity index (χ4n) is 6.72. The number of piperidine rings is 1. The molecule has 1 fully saturated rings. The van der Waals surface area contributed by atoms with Crippen LogP contribution in [0.25, 0.3) is 55.7 Å². The van der Waals surface area contributed by atoms with Crippen molar-refractivity contribution in [3.05, 3.63) is 136 Å². The van der Waals surface area contributed by atoms with Gasteiger partial charge in [0.2, 0.25) is 0 Å². The highest BCUT2D eigenvalue weighted by atomic mass is 16.1. The first kappa shape index (κ1) is 27.1. The summed E-state index contributed by atoms with van der Waals surface area (Å²) >= 11 is 0. The molecule has 7 aromatic rings. The Hall–Kier alpha value is -5.47. The largest absolute Gasteiger partial charge is 0.360 e. The normalized spacial score (nSPS) is 14.4. The van der Waals surface area contributed by atoms with Crippen molar-refractivity contribution >= 4 is 21.9 Å². The van der Waals surface area contributed by atoms with Gasteiger partial charge in [0.05, 0.1) is 22.4 Å². The van der Waals surface area contributed by atoms with Gasteiger partial charge in [-0.2, -0.15) is 0 Å². The second kappa shape index (κ2) is 11.2. The summed E-state index contributed by atoms with van der Waals surface area (Å²) in [4.78, 5) is 43.1. The number of imidazole rings is 1. The van der Waals surface area contributed by atoms with Crippen LogP contribution < -0.4 is 11.2 Å². The highest BCUT2D eigenvalue weighted by Crippen LogP contribution is 2.32. The first-order chi connectivity index (χ1) is 22.1. The minimum atomic E-state index is -0.226. The first-order valence-corrected chi connectivity index (χ1v) is 15.4. The molecule has 8 rings (SSSR count). The van der Waals surface area contributed by atoms with Crippen LogP contribution in [0.5, 0.6) is 0 Å². The van der Waals surface area contributed by atoms with E-state index in [1.165, 1.54) is 5.56 Å². The number of H-pyrrole nitrogens is 3. The van der Waals surface area contributed by atoms with Gasteiger partial charge in [-0.25, -0.2) is 9.78 Å². The third-order valence-corrected chi connectivity index (χ3v) is 9.00. The molecule has 0 amide bonds. The minimum Gasteiger partial charge on any atom is -0.360 e. The Morgan fingerprint density at radius 1 is 0.711 bits per heavy atom. The lowest BCUT2D eigenvalue weighted by molar-refractivity contribution is 0.180. The maximum atomic E-state index is 13.5. The molecule has 3 N–H and O–H groups in total. The number of hydrogen-bond donors (Lipinski definition) is 3. The van der Waals surface area contributed by atoms with E-state index in [0.29, 0.717) is 11.4 Å². The number of likely N-dealkylation sites (tertiary alicyclic amines) is 1. The van der Waals surface area contributed by atoms with E-state index in [1.54, 1.807) is 0 Å². The van der Waals surface area contributed by atoms with Crippen molar-refractivity contribution in [3.63, 3.8) is 0 Å². The number of nitrogens with one attached hydrogen (secondary N) is 3. The van der Waals surface area contributed by atoms with Crippen LogP contribution in [0.4, 0.5) is 0 Å². The van der Waals surface area contributed by atoms with Crippen LogP contribution in [0.2, 0.25) is 0 Å². The van der Waals surface area contributed by atoms with Crippen LogP contribution >= 0.6 is 0 Å². The third kappa shape index (κ3) is 4.99. The fraction of sp³-hybridized carbons (Fsp3) is 0.162. The van der Waals surface area contributed by atoms with Gasteiger partial charge in [-0.05, 0) is 36.6 Å². The summed E-state index contributed by atoms with van der Waals surface area (Å²) in [7, 11) is 0. The zero-order valence-electron chi connectivity index (χ0n) is 24.7. The van der Waals surface area contributed by atoms with Gasteiger partial charge in [0.1, 0.15) is 5.69 Å². The van der Waals surface area contributed by atoms with Crippen LogP contribution in [0.1, 0.15) is 24.4 Å². The summed E-state index contributed by atoms with van der Waals surface area (Å²) in [5.41, 5.74) is 8.24. The second-order valence-electron chi connectivity index (χ2n) is 11.8. The summed E-state index contributed by atoms with van der Waals surface area (Å²) in [6, 6.07) is 34.4. The molecular formula is C37H32N6O2. The Bertz CT molecular complexity index is 2250. The zero-order chi connectivity index (χ0) is 30.3. The summed E-state index contributed by atoms with van der Waals surface area (Å²) < 4.78 is 1.93. The molecule has 0 aliphatic carbocycles. The molecule has 0 saturated carbocycles. The Kier molecular flexibility index (Phi) is 6.76. The van der Waals surface area contributed by atoms with Crippen LogP contribution in [-0.4, -0.2) is 42.5 Å². The molecule has 1 aliphatic heterocycles. The molecule has 3 aromatic heterocycles. The molecule has 1 saturated heterocycles. The van der Waals surface area contributed by atoms with E-state index < -0.39 is 0 Å². The lowest BCUT2D eigenvalue weighted by Gasteiger charge is -2.32. The molecule has 8 heteroatoms.